The number of nitrogens with zero attached hydrogens (tertiary/aromatic N) is 4. The topological polar surface area (TPSA) is 69.6 Å². The van der Waals surface area contributed by atoms with E-state index in [9.17, 15) is 0 Å². The molecule has 0 aliphatic heterocycles. The molecule has 2 aromatic heterocycles. The fourth-order valence-corrected chi connectivity index (χ4v) is 2.94. The number of benzene rings is 1. The van der Waals surface area contributed by atoms with Crippen LogP contribution < -0.4 is 5.73 Å². The second-order valence-electron chi connectivity index (χ2n) is 5.90. The van der Waals surface area contributed by atoms with Crippen LogP contribution in [0.5, 0.6) is 0 Å². The molecule has 1 aliphatic carbocycles. The number of nitrogens with two attached hydrogens (primary N) is 1. The Balaban J connectivity index is 0.00000196. The summed E-state index contributed by atoms with van der Waals surface area (Å²) in [5.74, 6) is 0.466. The molecule has 0 unspecified atom stereocenters. The molecule has 4 rings (SSSR count). The van der Waals surface area contributed by atoms with Crippen LogP contribution >= 0.6 is 0 Å². The van der Waals surface area contributed by atoms with Crippen molar-refractivity contribution < 1.29 is 0 Å². The minimum Gasteiger partial charge on any atom is -0.383 e. The Morgan fingerprint density at radius 2 is 1.92 bits per heavy atom. The molecule has 0 radical (unpaired) electrons. The van der Waals surface area contributed by atoms with Crippen molar-refractivity contribution in [2.75, 3.05) is 5.73 Å². The molecular weight excluding hydrogens is 577 g/mol. The smallest absolute Gasteiger partial charge is 0.135 e. The minimum absolute atomic E-state index is 0. The van der Waals surface area contributed by atoms with Gasteiger partial charge in [0.1, 0.15) is 12.1 Å². The second kappa shape index (κ2) is 7.05. The molecule has 2 heterocycles. The van der Waals surface area contributed by atoms with E-state index >= 15 is 0 Å². The van der Waals surface area contributed by atoms with Crippen molar-refractivity contribution in [1.29, 1.82) is 0 Å². The molecule has 0 spiro atoms. The van der Waals surface area contributed by atoms with Gasteiger partial charge in [-0.05, 0) is 24.0 Å². The predicted molar refractivity (Wildman–Crippen MR) is 99.3 cm³/mol. The Hall–Kier alpha value is -4.34. The standard InChI is InChI=1S/C20H18N5.Rf/c21-20-18(16-9-5-2-6-10-16)19(22-14-23-20)17-11-24-25(13-17)12-15-7-3-1-4-8-15;/h1-3,5-7,9-14H,4,8H2,(H2,21,22,23);/q-1;. The number of hydrogen-bond acceptors (Lipinski definition) is 4. The third-order valence-corrected chi connectivity index (χ3v) is 4.16. The minimum atomic E-state index is 0. The summed E-state index contributed by atoms with van der Waals surface area (Å²) < 4.78 is 1.83. The van der Waals surface area contributed by atoms with Gasteiger partial charge in [0, 0.05) is 11.8 Å². The summed E-state index contributed by atoms with van der Waals surface area (Å²) in [6.45, 7) is 2.04. The Morgan fingerprint density at radius 3 is 2.69 bits per heavy atom. The molecule has 0 saturated heterocycles. The van der Waals surface area contributed by atoms with Crippen LogP contribution in [0.2, 0.25) is 0 Å². The van der Waals surface area contributed by atoms with E-state index in [-0.39, 0.29) is 0 Å². The van der Waals surface area contributed by atoms with E-state index in [1.54, 1.807) is 0 Å². The van der Waals surface area contributed by atoms with Gasteiger partial charge in [0.15, 0.2) is 0 Å². The summed E-state index contributed by atoms with van der Waals surface area (Å²) in [7, 11) is 0. The Morgan fingerprint density at radius 1 is 1.08 bits per heavy atom. The van der Waals surface area contributed by atoms with Crippen molar-refractivity contribution in [1.82, 2.24) is 19.7 Å². The molecule has 0 saturated carbocycles. The summed E-state index contributed by atoms with van der Waals surface area (Å²) in [4.78, 5) is 8.62. The molecule has 0 fully saturated rings. The Kier molecular flexibility index (Phi) is 4.48. The number of allylic oxidation sites excluding steroid dienone is 4. The third kappa shape index (κ3) is 3.14. The van der Waals surface area contributed by atoms with Crippen LogP contribution in [0.15, 0.2) is 72.9 Å². The number of anilines is 1. The van der Waals surface area contributed by atoms with Crippen molar-refractivity contribution in [2.45, 2.75) is 12.8 Å². The molecule has 6 heteroatoms. The molecule has 0 bridgehead atoms. The zero-order valence-corrected chi connectivity index (χ0v) is 20.8. The largest absolute Gasteiger partial charge is 0.383 e. The van der Waals surface area contributed by atoms with Gasteiger partial charge < -0.3 is 10.4 Å². The van der Waals surface area contributed by atoms with Crippen molar-refractivity contribution in [3.8, 4) is 22.4 Å². The third-order valence-electron chi connectivity index (χ3n) is 4.16. The quantitative estimate of drug-likeness (QED) is 0.466. The van der Waals surface area contributed by atoms with Crippen LogP contribution in [0.1, 0.15) is 12.8 Å². The maximum absolute atomic E-state index is 6.14. The van der Waals surface area contributed by atoms with E-state index in [0.29, 0.717) is 5.82 Å². The van der Waals surface area contributed by atoms with Gasteiger partial charge in [-0.3, -0.25) is 0 Å². The molecule has 26 heavy (non-hydrogen) atoms. The van der Waals surface area contributed by atoms with Gasteiger partial charge >= 0.3 is 0 Å². The maximum Gasteiger partial charge on any atom is 0.135 e. The summed E-state index contributed by atoms with van der Waals surface area (Å²) >= 11 is 0. The monoisotopic (exact) mass is 595 g/mol. The average Bonchev–Trinajstić information content (AvgIpc) is 3.11. The first-order chi connectivity index (χ1) is 12.3. The first-order valence-corrected chi connectivity index (χ1v) is 8.22. The first-order valence-electron chi connectivity index (χ1n) is 8.22. The number of aromatic nitrogens is 4. The summed E-state index contributed by atoms with van der Waals surface area (Å²) in [5.41, 5.74) is 10.9. The van der Waals surface area contributed by atoms with E-state index in [2.05, 4.69) is 33.3 Å². The molecule has 5 nitrogen and oxygen atoms in total. The fraction of sp³-hybridized carbons (Fsp3) is 0.100. The van der Waals surface area contributed by atoms with Crippen LogP contribution in [-0.2, 0) is 0 Å². The summed E-state index contributed by atoms with van der Waals surface area (Å²) in [6, 6.07) is 9.95. The molecule has 126 valence electrons. The van der Waals surface area contributed by atoms with Crippen LogP contribution in [0, 0.1) is 6.54 Å². The van der Waals surface area contributed by atoms with E-state index in [1.807, 2.05) is 54.0 Å². The average molecular weight is 595 g/mol. The Bertz CT molecular complexity index is 944. The van der Waals surface area contributed by atoms with Gasteiger partial charge in [-0.2, -0.15) is 6.08 Å². The van der Waals surface area contributed by atoms with Crippen LogP contribution in [0.3, 0.4) is 0 Å². The fourth-order valence-electron chi connectivity index (χ4n) is 2.94. The summed E-state index contributed by atoms with van der Waals surface area (Å²) in [6.07, 6.45) is 13.7. The van der Waals surface area contributed by atoms with Gasteiger partial charge in [0.05, 0.1) is 5.69 Å². The predicted octanol–water partition coefficient (Wildman–Crippen LogP) is 3.88. The molecule has 3 aromatic rings. The molecule has 0 amide bonds. The van der Waals surface area contributed by atoms with Crippen LogP contribution in [0.4, 0.5) is 5.82 Å². The van der Waals surface area contributed by atoms with E-state index < -0.39 is 0 Å². The zero-order valence-electron chi connectivity index (χ0n) is 14.4. The van der Waals surface area contributed by atoms with Crippen molar-refractivity contribution in [3.05, 3.63) is 79.4 Å². The maximum atomic E-state index is 6.14. The summed E-state index contributed by atoms with van der Waals surface area (Å²) in [5, 5.41) is 4.45. The van der Waals surface area contributed by atoms with Crippen LogP contribution in [-0.4, -0.2) is 19.7 Å². The van der Waals surface area contributed by atoms with Gasteiger partial charge in [-0.1, -0.05) is 49.1 Å². The van der Waals surface area contributed by atoms with Gasteiger partial charge in [-0.25, -0.2) is 15.1 Å². The van der Waals surface area contributed by atoms with Crippen molar-refractivity contribution >= 4 is 5.82 Å². The van der Waals surface area contributed by atoms with E-state index in [1.165, 1.54) is 11.9 Å². The van der Waals surface area contributed by atoms with Crippen molar-refractivity contribution in [2.24, 2.45) is 0 Å². The molecule has 1 aliphatic rings. The second-order valence-corrected chi connectivity index (χ2v) is 5.90. The SMILES string of the molecule is Nc1ncnc(-c2cnn([CH-]C3=CC=CCC3)c2)c1-c1ccccc1.[Rf]. The van der Waals surface area contributed by atoms with Crippen LogP contribution in [0.25, 0.3) is 22.4 Å². The number of hydrogen-bond donors (Lipinski definition) is 1. The van der Waals surface area contributed by atoms with E-state index in [0.717, 1.165) is 35.2 Å². The molecule has 2 N–H and O–H groups in total. The molecule has 0 atom stereocenters. The van der Waals surface area contributed by atoms with E-state index in [4.69, 9.17) is 5.73 Å². The van der Waals surface area contributed by atoms with Gasteiger partial charge in [0.25, 0.3) is 0 Å². The number of rotatable bonds is 4. The zero-order chi connectivity index (χ0) is 17.1. The molecular formula is C20H18N5Rf-. The first kappa shape index (κ1) is 16.5. The van der Waals surface area contributed by atoms with Gasteiger partial charge in [0.2, 0.25) is 0 Å². The number of nitrogen functional groups attached to an aromatic ring is 1. The Labute approximate surface area is 146 Å². The van der Waals surface area contributed by atoms with Gasteiger partial charge in [-0.15, -0.1) is 11.6 Å². The normalized spacial score (nSPS) is 13.0. The van der Waals surface area contributed by atoms with Crippen molar-refractivity contribution in [3.63, 3.8) is 0 Å². The molecule has 1 aromatic carbocycles.